The van der Waals surface area contributed by atoms with E-state index in [1.807, 2.05) is 18.2 Å². The number of rotatable bonds is 12. The molecule has 3 N–H and O–H groups in total. The lowest BCUT2D eigenvalue weighted by atomic mass is 9.44. The average Bonchev–Trinajstić information content (AvgIpc) is 2.73. The second kappa shape index (κ2) is 10.8. The van der Waals surface area contributed by atoms with Crippen LogP contribution in [0.4, 0.5) is 0 Å². The van der Waals surface area contributed by atoms with Gasteiger partial charge in [-0.15, -0.1) is 11.8 Å². The normalized spacial score (nSPS) is 28.2. The number of allylic oxidation sites excluding steroid dienone is 2. The molecule has 5 heteroatoms. The Hall–Kier alpha value is -1.30. The number of hydrogen-bond donors (Lipinski definition) is 3. The fraction of sp³-hybridized carbons (Fsp3) is 0.640. The van der Waals surface area contributed by atoms with Gasteiger partial charge in [-0.05, 0) is 67.4 Å². The number of aliphatic hydroxyl groups is 1. The first kappa shape index (κ1) is 23.4. The van der Waals surface area contributed by atoms with Crippen LogP contribution in [-0.4, -0.2) is 40.6 Å². The van der Waals surface area contributed by atoms with Gasteiger partial charge in [0.25, 0.3) is 0 Å². The van der Waals surface area contributed by atoms with Crippen LogP contribution in [0, 0.1) is 23.2 Å². The average molecular weight is 432 g/mol. The molecular weight excluding hydrogens is 394 g/mol. The summed E-state index contributed by atoms with van der Waals surface area (Å²) >= 11 is 1.71. The zero-order chi connectivity index (χ0) is 21.6. The Morgan fingerprint density at radius 2 is 2.03 bits per heavy atom. The minimum atomic E-state index is -0.716. The van der Waals surface area contributed by atoms with E-state index in [0.717, 1.165) is 24.7 Å². The Bertz CT molecular complexity index is 706. The molecule has 0 aromatic heterocycles. The van der Waals surface area contributed by atoms with E-state index in [9.17, 15) is 9.90 Å². The molecule has 0 heterocycles. The van der Waals surface area contributed by atoms with Crippen LogP contribution < -0.4 is 5.32 Å². The molecule has 166 valence electrons. The van der Waals surface area contributed by atoms with Crippen LogP contribution in [-0.2, 0) is 4.79 Å². The van der Waals surface area contributed by atoms with Gasteiger partial charge in [-0.2, -0.15) is 0 Å². The zero-order valence-corrected chi connectivity index (χ0v) is 19.1. The first-order valence-corrected chi connectivity index (χ1v) is 12.3. The van der Waals surface area contributed by atoms with Gasteiger partial charge in [0.15, 0.2) is 0 Å². The molecule has 1 aromatic carbocycles. The molecule has 2 bridgehead atoms. The summed E-state index contributed by atoms with van der Waals surface area (Å²) in [5.41, 5.74) is 0.418. The van der Waals surface area contributed by atoms with Crippen molar-refractivity contribution >= 4 is 17.7 Å². The summed E-state index contributed by atoms with van der Waals surface area (Å²) in [6.45, 7) is 5.47. The molecule has 0 saturated heterocycles. The molecule has 3 aliphatic carbocycles. The Kier molecular flexibility index (Phi) is 8.44. The van der Waals surface area contributed by atoms with Crippen LogP contribution in [0.3, 0.4) is 0 Å². The highest BCUT2D eigenvalue weighted by Gasteiger charge is 2.56. The van der Waals surface area contributed by atoms with Gasteiger partial charge in [-0.1, -0.05) is 44.2 Å². The van der Waals surface area contributed by atoms with E-state index >= 15 is 0 Å². The number of carboxylic acid groups (broad SMARTS) is 1. The number of hydrogen-bond acceptors (Lipinski definition) is 4. The second-order valence-electron chi connectivity index (χ2n) is 9.55. The second-order valence-corrected chi connectivity index (χ2v) is 10.6. The molecule has 30 heavy (non-hydrogen) atoms. The van der Waals surface area contributed by atoms with Gasteiger partial charge in [-0.3, -0.25) is 4.79 Å². The molecule has 5 atom stereocenters. The SMILES string of the molecule is CC1(C)[C@H]2C[C@H](NC[C@H](O)CSc3ccccc3)[C@@H](C/C=C\CCCC(=O)O)[C@@H]1C2. The van der Waals surface area contributed by atoms with E-state index in [-0.39, 0.29) is 12.5 Å². The number of fused-ring (bicyclic) bond motifs is 2. The molecule has 0 amide bonds. The van der Waals surface area contributed by atoms with Crippen molar-refractivity contribution in [1.82, 2.24) is 5.32 Å². The lowest BCUT2D eigenvalue weighted by Gasteiger charge is -2.63. The van der Waals surface area contributed by atoms with E-state index in [2.05, 4.69) is 43.4 Å². The minimum absolute atomic E-state index is 0.244. The maximum Gasteiger partial charge on any atom is 0.303 e. The lowest BCUT2D eigenvalue weighted by Crippen LogP contribution is -2.61. The van der Waals surface area contributed by atoms with Crippen molar-refractivity contribution in [3.63, 3.8) is 0 Å². The van der Waals surface area contributed by atoms with Crippen LogP contribution in [0.1, 0.15) is 52.4 Å². The van der Waals surface area contributed by atoms with E-state index < -0.39 is 5.97 Å². The smallest absolute Gasteiger partial charge is 0.303 e. The monoisotopic (exact) mass is 431 g/mol. The van der Waals surface area contributed by atoms with Crippen LogP contribution in [0.5, 0.6) is 0 Å². The van der Waals surface area contributed by atoms with Gasteiger partial charge in [0.2, 0.25) is 0 Å². The zero-order valence-electron chi connectivity index (χ0n) is 18.3. The highest BCUT2D eigenvalue weighted by molar-refractivity contribution is 7.99. The van der Waals surface area contributed by atoms with E-state index in [0.29, 0.717) is 36.1 Å². The summed E-state index contributed by atoms with van der Waals surface area (Å²) in [5, 5.41) is 22.9. The standard InChI is InChI=1S/C25H37NO3S/c1-25(2)18-14-22(25)21(12-8-3-4-9-13-24(28)29)23(15-18)26-16-19(27)17-30-20-10-6-5-7-11-20/h3,5-8,10-11,18-19,21-23,26-27H,4,9,12-17H2,1-2H3,(H,28,29)/b8-3-/t18-,19+,21+,22+,23+/m1/s1. The molecule has 3 saturated carbocycles. The molecular formula is C25H37NO3S. The minimum Gasteiger partial charge on any atom is -0.481 e. The number of aliphatic carboxylic acids is 1. The Labute approximate surface area is 185 Å². The highest BCUT2D eigenvalue weighted by Crippen LogP contribution is 2.62. The third-order valence-corrected chi connectivity index (χ3v) is 8.41. The maximum atomic E-state index is 10.6. The molecule has 0 spiro atoms. The fourth-order valence-corrected chi connectivity index (χ4v) is 6.16. The number of unbranched alkanes of at least 4 members (excludes halogenated alkanes) is 1. The third kappa shape index (κ3) is 6.12. The highest BCUT2D eigenvalue weighted by atomic mass is 32.2. The summed E-state index contributed by atoms with van der Waals surface area (Å²) < 4.78 is 0. The maximum absolute atomic E-state index is 10.6. The van der Waals surface area contributed by atoms with Crippen LogP contribution in [0.25, 0.3) is 0 Å². The lowest BCUT2D eigenvalue weighted by molar-refractivity contribution is -0.137. The van der Waals surface area contributed by atoms with Crippen LogP contribution in [0.15, 0.2) is 47.4 Å². The van der Waals surface area contributed by atoms with Gasteiger partial charge in [0.05, 0.1) is 6.10 Å². The molecule has 1 aromatic rings. The molecule has 0 unspecified atom stereocenters. The molecule has 4 rings (SSSR count). The molecule has 3 fully saturated rings. The van der Waals surface area contributed by atoms with E-state index in [1.54, 1.807) is 11.8 Å². The summed E-state index contributed by atoms with van der Waals surface area (Å²) in [5.74, 6) is 2.09. The van der Waals surface area contributed by atoms with Crippen molar-refractivity contribution in [3.05, 3.63) is 42.5 Å². The van der Waals surface area contributed by atoms with Gasteiger partial charge in [0, 0.05) is 29.7 Å². The molecule has 0 radical (unpaired) electrons. The predicted octanol–water partition coefficient (Wildman–Crippen LogP) is 4.98. The Morgan fingerprint density at radius 3 is 2.73 bits per heavy atom. The van der Waals surface area contributed by atoms with Crippen molar-refractivity contribution in [1.29, 1.82) is 0 Å². The number of carbonyl (C=O) groups is 1. The van der Waals surface area contributed by atoms with Crippen molar-refractivity contribution in [2.45, 2.75) is 69.4 Å². The predicted molar refractivity (Wildman–Crippen MR) is 124 cm³/mol. The van der Waals surface area contributed by atoms with Crippen LogP contribution >= 0.6 is 11.8 Å². The summed E-state index contributed by atoms with van der Waals surface area (Å²) in [7, 11) is 0. The molecule has 4 nitrogen and oxygen atoms in total. The number of benzene rings is 1. The topological polar surface area (TPSA) is 69.6 Å². The molecule has 3 aliphatic rings. The number of aliphatic hydroxyl groups excluding tert-OH is 1. The quantitative estimate of drug-likeness (QED) is 0.247. The van der Waals surface area contributed by atoms with Gasteiger partial charge in [0.1, 0.15) is 0 Å². The fourth-order valence-electron chi connectivity index (χ4n) is 5.31. The van der Waals surface area contributed by atoms with Crippen molar-refractivity contribution in [2.24, 2.45) is 23.2 Å². The first-order valence-electron chi connectivity index (χ1n) is 11.3. The number of carboxylic acids is 1. The van der Waals surface area contributed by atoms with E-state index in [1.165, 1.54) is 17.7 Å². The summed E-state index contributed by atoms with van der Waals surface area (Å²) in [6, 6.07) is 10.7. The summed E-state index contributed by atoms with van der Waals surface area (Å²) in [6.07, 6.45) is 9.42. The summed E-state index contributed by atoms with van der Waals surface area (Å²) in [4.78, 5) is 11.8. The van der Waals surface area contributed by atoms with Gasteiger partial charge < -0.3 is 15.5 Å². The molecule has 0 aliphatic heterocycles. The number of thioether (sulfide) groups is 1. The third-order valence-electron chi connectivity index (χ3n) is 7.26. The van der Waals surface area contributed by atoms with Crippen molar-refractivity contribution in [3.8, 4) is 0 Å². The number of nitrogens with one attached hydrogen (secondary N) is 1. The largest absolute Gasteiger partial charge is 0.481 e. The Morgan fingerprint density at radius 1 is 1.27 bits per heavy atom. The first-order chi connectivity index (χ1) is 14.4. The van der Waals surface area contributed by atoms with Gasteiger partial charge >= 0.3 is 5.97 Å². The van der Waals surface area contributed by atoms with Crippen molar-refractivity contribution < 1.29 is 15.0 Å². The Balaban J connectivity index is 1.47. The van der Waals surface area contributed by atoms with Gasteiger partial charge in [-0.25, -0.2) is 0 Å². The van der Waals surface area contributed by atoms with E-state index in [4.69, 9.17) is 5.11 Å². The van der Waals surface area contributed by atoms with Crippen molar-refractivity contribution in [2.75, 3.05) is 12.3 Å². The van der Waals surface area contributed by atoms with Crippen LogP contribution in [0.2, 0.25) is 0 Å².